The lowest BCUT2D eigenvalue weighted by atomic mass is 9.96. The monoisotopic (exact) mass is 293 g/mol. The molecule has 0 aliphatic heterocycles. The van der Waals surface area contributed by atoms with E-state index in [-0.39, 0.29) is 5.41 Å². The Morgan fingerprint density at radius 1 is 1.14 bits per heavy atom. The first-order chi connectivity index (χ1) is 9.77. The SMILES string of the molecule is CCN(CCCN(C)C)c1cc(NC)nc(C(C)(C)C)n1. The smallest absolute Gasteiger partial charge is 0.138 e. The van der Waals surface area contributed by atoms with Gasteiger partial charge in [-0.25, -0.2) is 9.97 Å². The second kappa shape index (κ2) is 7.59. The van der Waals surface area contributed by atoms with Crippen LogP contribution in [0.15, 0.2) is 6.07 Å². The number of aromatic nitrogens is 2. The number of nitrogens with one attached hydrogen (secondary N) is 1. The Morgan fingerprint density at radius 3 is 2.29 bits per heavy atom. The van der Waals surface area contributed by atoms with Gasteiger partial charge in [0.25, 0.3) is 0 Å². The van der Waals surface area contributed by atoms with Gasteiger partial charge in [0.05, 0.1) is 0 Å². The maximum absolute atomic E-state index is 4.78. The topological polar surface area (TPSA) is 44.3 Å². The van der Waals surface area contributed by atoms with Crippen molar-refractivity contribution >= 4 is 11.6 Å². The second-order valence-electron chi connectivity index (χ2n) is 6.67. The zero-order valence-corrected chi connectivity index (χ0v) is 14.7. The molecule has 0 radical (unpaired) electrons. The fraction of sp³-hybridized carbons (Fsp3) is 0.750. The molecule has 0 aliphatic rings. The van der Waals surface area contributed by atoms with E-state index in [1.165, 1.54) is 0 Å². The lowest BCUT2D eigenvalue weighted by Gasteiger charge is -2.26. The van der Waals surface area contributed by atoms with E-state index in [4.69, 9.17) is 4.98 Å². The molecule has 1 N–H and O–H groups in total. The minimum absolute atomic E-state index is 0.0509. The summed E-state index contributed by atoms with van der Waals surface area (Å²) < 4.78 is 0. The first-order valence-electron chi connectivity index (χ1n) is 7.75. The van der Waals surface area contributed by atoms with Crippen molar-refractivity contribution in [3.8, 4) is 0 Å². The van der Waals surface area contributed by atoms with Crippen molar-refractivity contribution in [2.75, 3.05) is 51.0 Å². The van der Waals surface area contributed by atoms with Crippen LogP contribution in [0.4, 0.5) is 11.6 Å². The van der Waals surface area contributed by atoms with Gasteiger partial charge in [-0.05, 0) is 34.0 Å². The average molecular weight is 293 g/mol. The third-order valence-corrected chi connectivity index (χ3v) is 3.38. The standard InChI is InChI=1S/C16H31N5/c1-8-21(11-9-10-20(6)7)14-12-13(17-5)18-15(19-14)16(2,3)4/h12H,8-11H2,1-7H3,(H,17,18,19). The van der Waals surface area contributed by atoms with Crippen molar-refractivity contribution in [3.05, 3.63) is 11.9 Å². The molecule has 5 heteroatoms. The summed E-state index contributed by atoms with van der Waals surface area (Å²) in [7, 11) is 6.12. The van der Waals surface area contributed by atoms with Crippen molar-refractivity contribution in [2.45, 2.75) is 39.5 Å². The van der Waals surface area contributed by atoms with Gasteiger partial charge >= 0.3 is 0 Å². The predicted molar refractivity (Wildman–Crippen MR) is 91.3 cm³/mol. The van der Waals surface area contributed by atoms with E-state index < -0.39 is 0 Å². The molecular formula is C16H31N5. The minimum Gasteiger partial charge on any atom is -0.373 e. The van der Waals surface area contributed by atoms with E-state index in [0.29, 0.717) is 0 Å². The van der Waals surface area contributed by atoms with Gasteiger partial charge in [-0.1, -0.05) is 20.8 Å². The minimum atomic E-state index is -0.0509. The summed E-state index contributed by atoms with van der Waals surface area (Å²) in [5.41, 5.74) is -0.0509. The summed E-state index contributed by atoms with van der Waals surface area (Å²) in [4.78, 5) is 13.9. The van der Waals surface area contributed by atoms with Gasteiger partial charge in [0.1, 0.15) is 17.5 Å². The molecule has 1 aromatic heterocycles. The Bertz CT molecular complexity index is 437. The molecule has 0 bridgehead atoms. The number of hydrogen-bond acceptors (Lipinski definition) is 5. The first-order valence-corrected chi connectivity index (χ1v) is 7.75. The summed E-state index contributed by atoms with van der Waals surface area (Å²) >= 11 is 0. The van der Waals surface area contributed by atoms with Gasteiger partial charge in [-0.3, -0.25) is 0 Å². The first kappa shape index (κ1) is 17.7. The predicted octanol–water partition coefficient (Wildman–Crippen LogP) is 2.59. The Kier molecular flexibility index (Phi) is 6.40. The van der Waals surface area contributed by atoms with Crippen molar-refractivity contribution in [1.29, 1.82) is 0 Å². The van der Waals surface area contributed by atoms with Gasteiger partial charge in [-0.2, -0.15) is 0 Å². The fourth-order valence-electron chi connectivity index (χ4n) is 2.07. The Morgan fingerprint density at radius 2 is 1.81 bits per heavy atom. The van der Waals surface area contributed by atoms with Crippen LogP contribution in [0.1, 0.15) is 39.9 Å². The molecule has 1 heterocycles. The Labute approximate surface area is 129 Å². The summed E-state index contributed by atoms with van der Waals surface area (Å²) in [5, 5.41) is 3.15. The van der Waals surface area contributed by atoms with Gasteiger partial charge < -0.3 is 15.1 Å². The van der Waals surface area contributed by atoms with Gasteiger partial charge in [0.2, 0.25) is 0 Å². The van der Waals surface area contributed by atoms with Gasteiger partial charge in [0.15, 0.2) is 0 Å². The molecule has 5 nitrogen and oxygen atoms in total. The summed E-state index contributed by atoms with van der Waals surface area (Å²) in [6, 6.07) is 2.04. The molecule has 0 saturated heterocycles. The van der Waals surface area contributed by atoms with E-state index >= 15 is 0 Å². The third-order valence-electron chi connectivity index (χ3n) is 3.38. The van der Waals surface area contributed by atoms with Gasteiger partial charge in [0, 0.05) is 31.6 Å². The Hall–Kier alpha value is -1.36. The van der Waals surface area contributed by atoms with Crippen LogP contribution in [0, 0.1) is 0 Å². The van der Waals surface area contributed by atoms with Crippen LogP contribution in [0.3, 0.4) is 0 Å². The third kappa shape index (κ3) is 5.50. The molecule has 21 heavy (non-hydrogen) atoms. The van der Waals surface area contributed by atoms with Crippen LogP contribution in [0.25, 0.3) is 0 Å². The van der Waals surface area contributed by atoms with Crippen molar-refractivity contribution < 1.29 is 0 Å². The van der Waals surface area contributed by atoms with Crippen LogP contribution in [0.2, 0.25) is 0 Å². The van der Waals surface area contributed by atoms with Crippen LogP contribution in [0.5, 0.6) is 0 Å². The van der Waals surface area contributed by atoms with Crippen LogP contribution in [-0.4, -0.2) is 55.6 Å². The molecule has 1 rings (SSSR count). The molecule has 0 spiro atoms. The molecule has 0 saturated carbocycles. The largest absolute Gasteiger partial charge is 0.373 e. The van der Waals surface area contributed by atoms with Crippen LogP contribution in [-0.2, 0) is 5.41 Å². The van der Waals surface area contributed by atoms with Gasteiger partial charge in [-0.15, -0.1) is 0 Å². The normalized spacial score (nSPS) is 11.8. The second-order valence-corrected chi connectivity index (χ2v) is 6.67. The van der Waals surface area contributed by atoms with E-state index in [2.05, 4.69) is 61.9 Å². The number of nitrogens with zero attached hydrogens (tertiary/aromatic N) is 4. The van der Waals surface area contributed by atoms with E-state index in [0.717, 1.165) is 43.5 Å². The quantitative estimate of drug-likeness (QED) is 0.837. The lowest BCUT2D eigenvalue weighted by Crippen LogP contribution is -2.29. The molecule has 1 aromatic rings. The summed E-state index contributed by atoms with van der Waals surface area (Å²) in [6.45, 7) is 11.7. The van der Waals surface area contributed by atoms with Crippen molar-refractivity contribution in [2.24, 2.45) is 0 Å². The molecule has 0 aromatic carbocycles. The summed E-state index contributed by atoms with van der Waals surface area (Å²) in [6.07, 6.45) is 1.13. The molecular weight excluding hydrogens is 262 g/mol. The number of hydrogen-bond donors (Lipinski definition) is 1. The molecule has 0 fully saturated rings. The zero-order valence-electron chi connectivity index (χ0n) is 14.7. The maximum Gasteiger partial charge on any atom is 0.138 e. The molecule has 0 atom stereocenters. The maximum atomic E-state index is 4.78. The highest BCUT2D eigenvalue weighted by Crippen LogP contribution is 2.24. The number of rotatable bonds is 7. The highest BCUT2D eigenvalue weighted by molar-refractivity contribution is 5.49. The van der Waals surface area contributed by atoms with E-state index in [9.17, 15) is 0 Å². The highest BCUT2D eigenvalue weighted by Gasteiger charge is 2.20. The molecule has 120 valence electrons. The fourth-order valence-corrected chi connectivity index (χ4v) is 2.07. The lowest BCUT2D eigenvalue weighted by molar-refractivity contribution is 0.400. The number of anilines is 2. The van der Waals surface area contributed by atoms with Crippen LogP contribution < -0.4 is 10.2 Å². The molecule has 0 unspecified atom stereocenters. The summed E-state index contributed by atoms with van der Waals surface area (Å²) in [5.74, 6) is 2.78. The van der Waals surface area contributed by atoms with Crippen LogP contribution >= 0.6 is 0 Å². The zero-order chi connectivity index (χ0) is 16.0. The Balaban J connectivity index is 2.97. The van der Waals surface area contributed by atoms with E-state index in [1.54, 1.807) is 0 Å². The van der Waals surface area contributed by atoms with Crippen molar-refractivity contribution in [1.82, 2.24) is 14.9 Å². The highest BCUT2D eigenvalue weighted by atomic mass is 15.2. The molecule has 0 aliphatic carbocycles. The van der Waals surface area contributed by atoms with Crippen molar-refractivity contribution in [3.63, 3.8) is 0 Å². The molecule has 0 amide bonds. The van der Waals surface area contributed by atoms with E-state index in [1.807, 2.05) is 13.1 Å². The average Bonchev–Trinajstić information content (AvgIpc) is 2.41.